The predicted molar refractivity (Wildman–Crippen MR) is 132 cm³/mol. The standard InChI is InChI=1S/C25H21N3O7S/c26-23(29)14-9-10-22(21(11-14)28(33)34)36-13-20(24(30)31)27-25(32)35-12-19-17-7-3-1-5-15(17)16-6-2-4-8-18(16)19/h1-11,19-20H,12-13H2,(H2,26,29)(H,27,32)(H,30,31)/t20-/m1/s1. The summed E-state index contributed by atoms with van der Waals surface area (Å²) in [6, 6.07) is 17.9. The van der Waals surface area contributed by atoms with Crippen molar-refractivity contribution in [2.75, 3.05) is 12.4 Å². The number of carboxylic acids is 1. The number of carboxylic acid groups (broad SMARTS) is 1. The molecule has 0 heterocycles. The molecule has 0 bridgehead atoms. The van der Waals surface area contributed by atoms with Gasteiger partial charge in [0, 0.05) is 23.3 Å². The third kappa shape index (κ3) is 5.15. The quantitative estimate of drug-likeness (QED) is 0.224. The van der Waals surface area contributed by atoms with Gasteiger partial charge in [-0.15, -0.1) is 11.8 Å². The molecule has 0 aromatic heterocycles. The summed E-state index contributed by atoms with van der Waals surface area (Å²) < 4.78 is 5.39. The second kappa shape index (κ2) is 10.5. The maximum Gasteiger partial charge on any atom is 0.407 e. The summed E-state index contributed by atoms with van der Waals surface area (Å²) in [5.74, 6) is -2.55. The molecule has 3 aromatic rings. The van der Waals surface area contributed by atoms with Crippen molar-refractivity contribution in [3.8, 4) is 11.1 Å². The number of alkyl carbamates (subject to hydrolysis) is 1. The zero-order valence-electron chi connectivity index (χ0n) is 18.7. The highest BCUT2D eigenvalue weighted by Crippen LogP contribution is 2.44. The molecule has 0 fully saturated rings. The van der Waals surface area contributed by atoms with Crippen molar-refractivity contribution < 1.29 is 29.2 Å². The summed E-state index contributed by atoms with van der Waals surface area (Å²) in [7, 11) is 0. The van der Waals surface area contributed by atoms with Crippen molar-refractivity contribution in [2.45, 2.75) is 16.9 Å². The highest BCUT2D eigenvalue weighted by molar-refractivity contribution is 7.99. The van der Waals surface area contributed by atoms with Crippen molar-refractivity contribution >= 4 is 35.4 Å². The molecule has 1 atom stereocenters. The van der Waals surface area contributed by atoms with E-state index in [-0.39, 0.29) is 34.4 Å². The fourth-order valence-electron chi connectivity index (χ4n) is 4.07. The van der Waals surface area contributed by atoms with Crippen LogP contribution in [-0.2, 0) is 9.53 Å². The number of hydrogen-bond acceptors (Lipinski definition) is 7. The van der Waals surface area contributed by atoms with Crippen LogP contribution in [0, 0.1) is 10.1 Å². The number of carbonyl (C=O) groups is 3. The van der Waals surface area contributed by atoms with E-state index in [0.29, 0.717) is 0 Å². The van der Waals surface area contributed by atoms with E-state index < -0.39 is 28.9 Å². The molecule has 0 unspecified atom stereocenters. The first kappa shape index (κ1) is 24.7. The van der Waals surface area contributed by atoms with Crippen LogP contribution in [0.5, 0.6) is 0 Å². The summed E-state index contributed by atoms with van der Waals surface area (Å²) in [4.78, 5) is 46.3. The first-order valence-corrected chi connectivity index (χ1v) is 11.8. The Morgan fingerprint density at radius 3 is 2.22 bits per heavy atom. The topological polar surface area (TPSA) is 162 Å². The summed E-state index contributed by atoms with van der Waals surface area (Å²) in [5, 5.41) is 23.2. The molecular weight excluding hydrogens is 486 g/mol. The molecule has 2 amide bonds. The first-order chi connectivity index (χ1) is 17.3. The first-order valence-electron chi connectivity index (χ1n) is 10.8. The molecule has 3 aromatic carbocycles. The second-order valence-electron chi connectivity index (χ2n) is 7.98. The molecule has 0 aliphatic heterocycles. The molecule has 4 rings (SSSR count). The zero-order chi connectivity index (χ0) is 25.8. The molecule has 184 valence electrons. The summed E-state index contributed by atoms with van der Waals surface area (Å²) >= 11 is 0.854. The van der Waals surface area contributed by atoms with Crippen molar-refractivity contribution in [3.63, 3.8) is 0 Å². The molecule has 11 heteroatoms. The maximum absolute atomic E-state index is 12.5. The van der Waals surface area contributed by atoms with E-state index in [1.54, 1.807) is 0 Å². The zero-order valence-corrected chi connectivity index (χ0v) is 19.6. The Labute approximate surface area is 209 Å². The normalized spacial score (nSPS) is 12.8. The van der Waals surface area contributed by atoms with Crippen molar-refractivity contribution in [2.24, 2.45) is 5.73 Å². The van der Waals surface area contributed by atoms with Crippen LogP contribution >= 0.6 is 11.8 Å². The number of rotatable bonds is 9. The van der Waals surface area contributed by atoms with Crippen molar-refractivity contribution in [1.29, 1.82) is 0 Å². The number of nitro groups is 1. The highest BCUT2D eigenvalue weighted by Gasteiger charge is 2.30. The minimum absolute atomic E-state index is 0.0133. The Hall–Kier alpha value is -4.38. The maximum atomic E-state index is 12.5. The lowest BCUT2D eigenvalue weighted by Crippen LogP contribution is -2.43. The van der Waals surface area contributed by atoms with Gasteiger partial charge in [0.25, 0.3) is 5.69 Å². The van der Waals surface area contributed by atoms with Gasteiger partial charge in [-0.05, 0) is 34.4 Å². The molecule has 1 aliphatic carbocycles. The summed E-state index contributed by atoms with van der Waals surface area (Å²) in [5.41, 5.74) is 8.89. The number of carbonyl (C=O) groups excluding carboxylic acids is 2. The number of primary amides is 1. The van der Waals surface area contributed by atoms with Crippen LogP contribution in [-0.4, -0.2) is 46.4 Å². The van der Waals surface area contributed by atoms with E-state index in [9.17, 15) is 29.6 Å². The van der Waals surface area contributed by atoms with E-state index in [1.807, 2.05) is 48.5 Å². The lowest BCUT2D eigenvalue weighted by atomic mass is 9.98. The molecule has 0 saturated heterocycles. The molecule has 36 heavy (non-hydrogen) atoms. The van der Waals surface area contributed by atoms with E-state index in [0.717, 1.165) is 40.1 Å². The lowest BCUT2D eigenvalue weighted by molar-refractivity contribution is -0.387. The predicted octanol–water partition coefficient (Wildman–Crippen LogP) is 3.78. The van der Waals surface area contributed by atoms with Crippen LogP contribution in [0.3, 0.4) is 0 Å². The van der Waals surface area contributed by atoms with Gasteiger partial charge in [0.15, 0.2) is 0 Å². The van der Waals surface area contributed by atoms with Crippen LogP contribution < -0.4 is 11.1 Å². The summed E-state index contributed by atoms with van der Waals surface area (Å²) in [6.45, 7) is 0.0133. The smallest absolute Gasteiger partial charge is 0.407 e. The molecule has 4 N–H and O–H groups in total. The molecule has 10 nitrogen and oxygen atoms in total. The molecule has 1 aliphatic rings. The van der Waals surface area contributed by atoms with Gasteiger partial charge < -0.3 is 20.9 Å². The Kier molecular flexibility index (Phi) is 7.20. The van der Waals surface area contributed by atoms with Crippen molar-refractivity contribution in [1.82, 2.24) is 5.32 Å². The average molecular weight is 508 g/mol. The fourth-order valence-corrected chi connectivity index (χ4v) is 5.08. The van der Waals surface area contributed by atoms with Crippen LogP contribution in [0.1, 0.15) is 27.4 Å². The number of fused-ring (bicyclic) bond motifs is 3. The van der Waals surface area contributed by atoms with Crippen LogP contribution in [0.25, 0.3) is 11.1 Å². The fraction of sp³-hybridized carbons (Fsp3) is 0.160. The minimum atomic E-state index is -1.37. The van der Waals surface area contributed by atoms with Gasteiger partial charge in [0.2, 0.25) is 5.91 Å². The van der Waals surface area contributed by atoms with Gasteiger partial charge in [-0.25, -0.2) is 9.59 Å². The number of thioether (sulfide) groups is 1. The van der Waals surface area contributed by atoms with E-state index in [4.69, 9.17) is 10.5 Å². The molecule has 0 radical (unpaired) electrons. The molecule has 0 saturated carbocycles. The number of nitrogens with two attached hydrogens (primary N) is 1. The van der Waals surface area contributed by atoms with Gasteiger partial charge in [0.1, 0.15) is 12.6 Å². The number of aliphatic carboxylic acids is 1. The number of hydrogen-bond donors (Lipinski definition) is 3. The largest absolute Gasteiger partial charge is 0.480 e. The minimum Gasteiger partial charge on any atom is -0.480 e. The number of nitrogens with one attached hydrogen (secondary N) is 1. The monoisotopic (exact) mass is 507 g/mol. The van der Waals surface area contributed by atoms with Gasteiger partial charge in [0.05, 0.1) is 9.82 Å². The third-order valence-electron chi connectivity index (χ3n) is 5.78. The Balaban J connectivity index is 1.41. The van der Waals surface area contributed by atoms with E-state index in [1.165, 1.54) is 12.1 Å². The molecule has 0 spiro atoms. The SMILES string of the molecule is NC(=O)c1ccc(SC[C@@H](NC(=O)OCC2c3ccccc3-c3ccccc32)C(=O)O)c([N+](=O)[O-])c1. The van der Waals surface area contributed by atoms with Gasteiger partial charge in [-0.2, -0.15) is 0 Å². The second-order valence-corrected chi connectivity index (χ2v) is 9.04. The van der Waals surface area contributed by atoms with Crippen molar-refractivity contribution in [3.05, 3.63) is 93.5 Å². The number of benzene rings is 3. The van der Waals surface area contributed by atoms with Gasteiger partial charge in [-0.1, -0.05) is 48.5 Å². The number of nitrogens with zero attached hydrogens (tertiary/aromatic N) is 1. The highest BCUT2D eigenvalue weighted by atomic mass is 32.2. The van der Waals surface area contributed by atoms with E-state index >= 15 is 0 Å². The van der Waals surface area contributed by atoms with Crippen LogP contribution in [0.4, 0.5) is 10.5 Å². The lowest BCUT2D eigenvalue weighted by Gasteiger charge is -2.17. The average Bonchev–Trinajstić information content (AvgIpc) is 3.18. The third-order valence-corrected chi connectivity index (χ3v) is 6.94. The number of ether oxygens (including phenoxy) is 1. The van der Waals surface area contributed by atoms with Crippen LogP contribution in [0.2, 0.25) is 0 Å². The Bertz CT molecular complexity index is 1320. The summed E-state index contributed by atoms with van der Waals surface area (Å²) in [6.07, 6.45) is -0.913. The van der Waals surface area contributed by atoms with Crippen LogP contribution in [0.15, 0.2) is 71.6 Å². The van der Waals surface area contributed by atoms with Gasteiger partial charge in [-0.3, -0.25) is 14.9 Å². The molecular formula is C25H21N3O7S. The number of amides is 2. The van der Waals surface area contributed by atoms with Gasteiger partial charge >= 0.3 is 12.1 Å². The Morgan fingerprint density at radius 2 is 1.67 bits per heavy atom. The Morgan fingerprint density at radius 1 is 1.06 bits per heavy atom. The van der Waals surface area contributed by atoms with E-state index in [2.05, 4.69) is 5.32 Å². The number of nitro benzene ring substituents is 1.